The Morgan fingerprint density at radius 3 is 2.62 bits per heavy atom. The Kier molecular flexibility index (Phi) is 4.69. The van der Waals surface area contributed by atoms with Crippen LogP contribution in [0.2, 0.25) is 5.02 Å². The van der Waals surface area contributed by atoms with Gasteiger partial charge in [-0.2, -0.15) is 0 Å². The van der Waals surface area contributed by atoms with Crippen molar-refractivity contribution in [2.24, 2.45) is 5.41 Å². The fraction of sp³-hybridized carbons (Fsp3) is 0.417. The van der Waals surface area contributed by atoms with Crippen LogP contribution in [0.4, 0.5) is 0 Å². The first-order chi connectivity index (χ1) is 7.47. The molecular formula is C12H15ClO2S. The third kappa shape index (κ3) is 3.42. The maximum atomic E-state index is 11.5. The van der Waals surface area contributed by atoms with E-state index in [1.54, 1.807) is 11.8 Å². The van der Waals surface area contributed by atoms with E-state index in [1.165, 1.54) is 7.11 Å². The molecule has 4 heteroatoms. The summed E-state index contributed by atoms with van der Waals surface area (Å²) in [5.41, 5.74) is -0.501. The van der Waals surface area contributed by atoms with Crippen molar-refractivity contribution in [2.75, 3.05) is 12.9 Å². The summed E-state index contributed by atoms with van der Waals surface area (Å²) < 4.78 is 4.75. The van der Waals surface area contributed by atoms with E-state index in [9.17, 15) is 4.79 Å². The summed E-state index contributed by atoms with van der Waals surface area (Å²) >= 11 is 7.59. The van der Waals surface area contributed by atoms with Crippen molar-refractivity contribution >= 4 is 29.3 Å². The van der Waals surface area contributed by atoms with Crippen LogP contribution in [0.15, 0.2) is 29.2 Å². The predicted molar refractivity (Wildman–Crippen MR) is 68.0 cm³/mol. The molecule has 1 aromatic rings. The number of esters is 1. The number of carbonyl (C=O) groups excluding carboxylic acids is 1. The zero-order valence-corrected chi connectivity index (χ0v) is 11.2. The lowest BCUT2D eigenvalue weighted by atomic mass is 9.97. The minimum atomic E-state index is -0.501. The van der Waals surface area contributed by atoms with Crippen molar-refractivity contribution in [1.29, 1.82) is 0 Å². The molecule has 0 N–H and O–H groups in total. The molecule has 0 radical (unpaired) electrons. The van der Waals surface area contributed by atoms with Crippen LogP contribution < -0.4 is 0 Å². The summed E-state index contributed by atoms with van der Waals surface area (Å²) in [6.07, 6.45) is 0. The minimum absolute atomic E-state index is 0.202. The molecule has 0 saturated heterocycles. The van der Waals surface area contributed by atoms with Crippen molar-refractivity contribution in [3.8, 4) is 0 Å². The number of rotatable bonds is 4. The van der Waals surface area contributed by atoms with E-state index in [1.807, 2.05) is 38.1 Å². The largest absolute Gasteiger partial charge is 0.469 e. The summed E-state index contributed by atoms with van der Waals surface area (Å²) in [5, 5.41) is 0.716. The number of hydrogen-bond acceptors (Lipinski definition) is 3. The van der Waals surface area contributed by atoms with Crippen LogP contribution in [0.25, 0.3) is 0 Å². The summed E-state index contributed by atoms with van der Waals surface area (Å²) in [5.74, 6) is 0.440. The smallest absolute Gasteiger partial charge is 0.312 e. The van der Waals surface area contributed by atoms with Crippen LogP contribution in [0.5, 0.6) is 0 Å². The van der Waals surface area contributed by atoms with Gasteiger partial charge in [-0.3, -0.25) is 4.79 Å². The molecule has 0 bridgehead atoms. The van der Waals surface area contributed by atoms with Crippen molar-refractivity contribution < 1.29 is 9.53 Å². The second-order valence-electron chi connectivity index (χ2n) is 4.09. The van der Waals surface area contributed by atoms with Gasteiger partial charge in [-0.25, -0.2) is 0 Å². The molecule has 2 nitrogen and oxygen atoms in total. The van der Waals surface area contributed by atoms with Crippen LogP contribution in [0.3, 0.4) is 0 Å². The SMILES string of the molecule is COC(=O)C(C)(C)CSc1ccccc1Cl. The van der Waals surface area contributed by atoms with Crippen molar-refractivity contribution in [3.05, 3.63) is 29.3 Å². The summed E-state index contributed by atoms with van der Waals surface area (Å²) in [7, 11) is 1.41. The highest BCUT2D eigenvalue weighted by Crippen LogP contribution is 2.32. The van der Waals surface area contributed by atoms with Crippen molar-refractivity contribution in [2.45, 2.75) is 18.7 Å². The minimum Gasteiger partial charge on any atom is -0.469 e. The zero-order valence-electron chi connectivity index (χ0n) is 9.62. The Balaban J connectivity index is 2.65. The van der Waals surface area contributed by atoms with Gasteiger partial charge in [0.05, 0.1) is 17.5 Å². The van der Waals surface area contributed by atoms with E-state index in [0.717, 1.165) is 4.90 Å². The van der Waals surface area contributed by atoms with Crippen molar-refractivity contribution in [1.82, 2.24) is 0 Å². The second-order valence-corrected chi connectivity index (χ2v) is 5.52. The first kappa shape index (κ1) is 13.4. The molecule has 0 aromatic heterocycles. The molecule has 0 heterocycles. The van der Waals surface area contributed by atoms with Crippen LogP contribution in [0.1, 0.15) is 13.8 Å². The Labute approximate surface area is 105 Å². The fourth-order valence-electron chi connectivity index (χ4n) is 1.16. The average molecular weight is 259 g/mol. The van der Waals surface area contributed by atoms with Gasteiger partial charge < -0.3 is 4.74 Å². The summed E-state index contributed by atoms with van der Waals surface area (Å²) in [4.78, 5) is 12.5. The standard InChI is InChI=1S/C12H15ClO2S/c1-12(2,11(14)15-3)8-16-10-7-5-4-6-9(10)13/h4-7H,8H2,1-3H3. The Morgan fingerprint density at radius 2 is 2.06 bits per heavy atom. The lowest BCUT2D eigenvalue weighted by Crippen LogP contribution is -2.28. The Morgan fingerprint density at radius 1 is 1.44 bits per heavy atom. The molecule has 0 atom stereocenters. The van der Waals surface area contributed by atoms with Gasteiger partial charge in [0, 0.05) is 10.6 Å². The molecule has 0 amide bonds. The molecule has 0 aliphatic rings. The second kappa shape index (κ2) is 5.60. The number of hydrogen-bond donors (Lipinski definition) is 0. The number of thioether (sulfide) groups is 1. The molecule has 1 aromatic carbocycles. The van der Waals surface area contributed by atoms with Gasteiger partial charge in [0.15, 0.2) is 0 Å². The maximum Gasteiger partial charge on any atom is 0.312 e. The van der Waals surface area contributed by atoms with E-state index in [-0.39, 0.29) is 5.97 Å². The molecule has 0 saturated carbocycles. The predicted octanol–water partition coefficient (Wildman–Crippen LogP) is 3.63. The zero-order chi connectivity index (χ0) is 12.2. The molecule has 0 aliphatic heterocycles. The molecule has 0 unspecified atom stereocenters. The van der Waals surface area contributed by atoms with Gasteiger partial charge in [0.2, 0.25) is 0 Å². The van der Waals surface area contributed by atoms with E-state index >= 15 is 0 Å². The van der Waals surface area contributed by atoms with Gasteiger partial charge in [-0.15, -0.1) is 11.8 Å². The topological polar surface area (TPSA) is 26.3 Å². The highest BCUT2D eigenvalue weighted by Gasteiger charge is 2.28. The quantitative estimate of drug-likeness (QED) is 0.609. The lowest BCUT2D eigenvalue weighted by molar-refractivity contribution is -0.149. The molecule has 0 aliphatic carbocycles. The first-order valence-corrected chi connectivity index (χ1v) is 6.29. The van der Waals surface area contributed by atoms with Crippen LogP contribution in [-0.4, -0.2) is 18.8 Å². The number of halogens is 1. The van der Waals surface area contributed by atoms with Crippen LogP contribution in [-0.2, 0) is 9.53 Å². The maximum absolute atomic E-state index is 11.5. The van der Waals surface area contributed by atoms with Gasteiger partial charge in [-0.05, 0) is 26.0 Å². The number of ether oxygens (including phenoxy) is 1. The number of methoxy groups -OCH3 is 1. The van der Waals surface area contributed by atoms with Crippen LogP contribution in [0, 0.1) is 5.41 Å². The average Bonchev–Trinajstić information content (AvgIpc) is 2.27. The normalized spacial score (nSPS) is 11.2. The Hall–Kier alpha value is -0.670. The van der Waals surface area contributed by atoms with E-state index in [4.69, 9.17) is 16.3 Å². The monoisotopic (exact) mass is 258 g/mol. The summed E-state index contributed by atoms with van der Waals surface area (Å²) in [6.45, 7) is 3.73. The van der Waals surface area contributed by atoms with Crippen LogP contribution >= 0.6 is 23.4 Å². The van der Waals surface area contributed by atoms with E-state index < -0.39 is 5.41 Å². The summed E-state index contributed by atoms with van der Waals surface area (Å²) in [6, 6.07) is 7.60. The third-order valence-corrected chi connectivity index (χ3v) is 4.14. The first-order valence-electron chi connectivity index (χ1n) is 4.93. The highest BCUT2D eigenvalue weighted by molar-refractivity contribution is 7.99. The van der Waals surface area contributed by atoms with Crippen molar-refractivity contribution in [3.63, 3.8) is 0 Å². The molecule has 1 rings (SSSR count). The molecule has 0 fully saturated rings. The van der Waals surface area contributed by atoms with E-state index in [0.29, 0.717) is 10.8 Å². The molecule has 16 heavy (non-hydrogen) atoms. The Bertz CT molecular complexity index is 377. The molecule has 0 spiro atoms. The molecular weight excluding hydrogens is 244 g/mol. The van der Waals surface area contributed by atoms with Gasteiger partial charge in [-0.1, -0.05) is 23.7 Å². The van der Waals surface area contributed by atoms with Gasteiger partial charge >= 0.3 is 5.97 Å². The number of carbonyl (C=O) groups is 1. The fourth-order valence-corrected chi connectivity index (χ4v) is 2.47. The molecule has 88 valence electrons. The lowest BCUT2D eigenvalue weighted by Gasteiger charge is -2.20. The number of benzene rings is 1. The third-order valence-electron chi connectivity index (χ3n) is 2.16. The highest BCUT2D eigenvalue weighted by atomic mass is 35.5. The van der Waals surface area contributed by atoms with E-state index in [2.05, 4.69) is 0 Å². The van der Waals surface area contributed by atoms with Gasteiger partial charge in [0.1, 0.15) is 0 Å². The van der Waals surface area contributed by atoms with Gasteiger partial charge in [0.25, 0.3) is 0 Å².